The fourth-order valence-corrected chi connectivity index (χ4v) is 2.48. The number of nitrogens with zero attached hydrogens (tertiary/aromatic N) is 1. The summed E-state index contributed by atoms with van der Waals surface area (Å²) in [6.07, 6.45) is 7.02. The number of aromatic nitrogens is 1. The van der Waals surface area contributed by atoms with E-state index in [2.05, 4.69) is 12.2 Å². The quantitative estimate of drug-likeness (QED) is 0.830. The highest BCUT2D eigenvalue weighted by molar-refractivity contribution is 5.41. The third-order valence-electron chi connectivity index (χ3n) is 3.39. The highest BCUT2D eigenvalue weighted by Gasteiger charge is 2.18. The molecule has 1 aliphatic carbocycles. The highest BCUT2D eigenvalue weighted by Crippen LogP contribution is 2.25. The van der Waals surface area contributed by atoms with Crippen LogP contribution >= 0.6 is 0 Å². The van der Waals surface area contributed by atoms with Crippen LogP contribution in [0.1, 0.15) is 32.6 Å². The Bertz CT molecular complexity index is 411. The van der Waals surface area contributed by atoms with E-state index in [9.17, 15) is 4.79 Å². The van der Waals surface area contributed by atoms with Gasteiger partial charge < -0.3 is 9.88 Å². The highest BCUT2D eigenvalue weighted by atomic mass is 16.1. The minimum absolute atomic E-state index is 0.0440. The normalized spacial score (nSPS) is 25.4. The van der Waals surface area contributed by atoms with Gasteiger partial charge in [-0.3, -0.25) is 4.79 Å². The summed E-state index contributed by atoms with van der Waals surface area (Å²) in [5.41, 5.74) is 1.10. The van der Waals surface area contributed by atoms with Crippen LogP contribution in [0, 0.1) is 5.92 Å². The van der Waals surface area contributed by atoms with Crippen LogP contribution in [0.3, 0.4) is 0 Å². The van der Waals surface area contributed by atoms with Crippen LogP contribution < -0.4 is 10.9 Å². The summed E-state index contributed by atoms with van der Waals surface area (Å²) in [7, 11) is 1.79. The van der Waals surface area contributed by atoms with Crippen LogP contribution in [0.15, 0.2) is 23.1 Å². The van der Waals surface area contributed by atoms with E-state index in [1.807, 2.05) is 12.3 Å². The van der Waals surface area contributed by atoms with Crippen LogP contribution in [0.25, 0.3) is 0 Å². The fourth-order valence-electron chi connectivity index (χ4n) is 2.48. The van der Waals surface area contributed by atoms with Gasteiger partial charge >= 0.3 is 0 Å². The van der Waals surface area contributed by atoms with Crippen LogP contribution in [0.2, 0.25) is 0 Å². The first-order valence-electron chi connectivity index (χ1n) is 6.08. The van der Waals surface area contributed by atoms with Gasteiger partial charge in [0, 0.05) is 25.4 Å². The number of aryl methyl sites for hydroxylation is 1. The van der Waals surface area contributed by atoms with Crippen LogP contribution in [-0.2, 0) is 7.05 Å². The second-order valence-electron chi connectivity index (χ2n) is 4.98. The molecule has 0 spiro atoms. The number of nitrogens with one attached hydrogen (secondary N) is 1. The lowest BCUT2D eigenvalue weighted by Crippen LogP contribution is -2.27. The van der Waals surface area contributed by atoms with Crippen LogP contribution in [0.4, 0.5) is 5.69 Å². The molecule has 88 valence electrons. The summed E-state index contributed by atoms with van der Waals surface area (Å²) in [6.45, 7) is 2.31. The first-order valence-corrected chi connectivity index (χ1v) is 6.08. The Labute approximate surface area is 96.5 Å². The van der Waals surface area contributed by atoms with Crippen molar-refractivity contribution in [3.8, 4) is 0 Å². The standard InChI is InChI=1S/C13H20N2O/c1-10-4-3-5-11(8-10)14-12-6-7-13(16)15(2)9-12/h6-7,9-11,14H,3-5,8H2,1-2H3. The van der Waals surface area contributed by atoms with E-state index in [-0.39, 0.29) is 5.56 Å². The Morgan fingerprint density at radius 2 is 2.19 bits per heavy atom. The monoisotopic (exact) mass is 220 g/mol. The van der Waals surface area contributed by atoms with Gasteiger partial charge in [0.15, 0.2) is 0 Å². The first kappa shape index (κ1) is 11.2. The lowest BCUT2D eigenvalue weighted by molar-refractivity contribution is 0.358. The van der Waals surface area contributed by atoms with E-state index in [0.717, 1.165) is 11.6 Å². The van der Waals surface area contributed by atoms with E-state index in [4.69, 9.17) is 0 Å². The second-order valence-corrected chi connectivity index (χ2v) is 4.98. The molecule has 1 aromatic rings. The molecular weight excluding hydrogens is 200 g/mol. The molecule has 2 rings (SSSR count). The predicted octanol–water partition coefficient (Wildman–Crippen LogP) is 2.38. The van der Waals surface area contributed by atoms with E-state index in [0.29, 0.717) is 6.04 Å². The van der Waals surface area contributed by atoms with Gasteiger partial charge in [-0.25, -0.2) is 0 Å². The number of pyridine rings is 1. The number of hydrogen-bond donors (Lipinski definition) is 1. The van der Waals surface area contributed by atoms with E-state index in [1.165, 1.54) is 25.7 Å². The summed E-state index contributed by atoms with van der Waals surface area (Å²) in [5.74, 6) is 0.818. The molecule has 0 amide bonds. The van der Waals surface area contributed by atoms with Gasteiger partial charge in [0.2, 0.25) is 5.56 Å². The van der Waals surface area contributed by atoms with Gasteiger partial charge in [0.1, 0.15) is 0 Å². The summed E-state index contributed by atoms with van der Waals surface area (Å²) in [4.78, 5) is 11.3. The van der Waals surface area contributed by atoms with Crippen LogP contribution in [-0.4, -0.2) is 10.6 Å². The Morgan fingerprint density at radius 1 is 1.38 bits per heavy atom. The molecule has 0 saturated heterocycles. The third kappa shape index (κ3) is 2.65. The maximum absolute atomic E-state index is 11.3. The SMILES string of the molecule is CC1CCCC(Nc2ccc(=O)n(C)c2)C1. The van der Waals surface area contributed by atoms with Crippen LogP contribution in [0.5, 0.6) is 0 Å². The van der Waals surface area contributed by atoms with Crippen molar-refractivity contribution in [2.45, 2.75) is 38.6 Å². The zero-order chi connectivity index (χ0) is 11.5. The lowest BCUT2D eigenvalue weighted by Gasteiger charge is -2.28. The van der Waals surface area contributed by atoms with Gasteiger partial charge in [-0.2, -0.15) is 0 Å². The third-order valence-corrected chi connectivity index (χ3v) is 3.39. The molecule has 16 heavy (non-hydrogen) atoms. The molecular formula is C13H20N2O. The predicted molar refractivity (Wildman–Crippen MR) is 66.7 cm³/mol. The molecule has 1 N–H and O–H groups in total. The largest absolute Gasteiger partial charge is 0.381 e. The maximum atomic E-state index is 11.3. The molecule has 2 atom stereocenters. The maximum Gasteiger partial charge on any atom is 0.250 e. The molecule has 1 aromatic heterocycles. The smallest absolute Gasteiger partial charge is 0.250 e. The van der Waals surface area contributed by atoms with Crippen molar-refractivity contribution in [1.29, 1.82) is 0 Å². The average molecular weight is 220 g/mol. The second kappa shape index (κ2) is 4.73. The van der Waals surface area contributed by atoms with Gasteiger partial charge in [-0.05, 0) is 24.8 Å². The Morgan fingerprint density at radius 3 is 2.88 bits per heavy atom. The van der Waals surface area contributed by atoms with Crippen molar-refractivity contribution in [3.05, 3.63) is 28.7 Å². The molecule has 0 aromatic carbocycles. The van der Waals surface area contributed by atoms with Gasteiger partial charge in [0.05, 0.1) is 5.69 Å². The van der Waals surface area contributed by atoms with Crippen molar-refractivity contribution in [3.63, 3.8) is 0 Å². The van der Waals surface area contributed by atoms with E-state index in [1.54, 1.807) is 17.7 Å². The fraction of sp³-hybridized carbons (Fsp3) is 0.615. The van der Waals surface area contributed by atoms with Crippen molar-refractivity contribution < 1.29 is 0 Å². The molecule has 0 bridgehead atoms. The Kier molecular flexibility index (Phi) is 3.32. The van der Waals surface area contributed by atoms with Gasteiger partial charge in [-0.1, -0.05) is 19.8 Å². The molecule has 1 fully saturated rings. The Hall–Kier alpha value is -1.25. The number of anilines is 1. The average Bonchev–Trinajstić information content (AvgIpc) is 2.24. The molecule has 0 aliphatic heterocycles. The molecule has 2 unspecified atom stereocenters. The molecule has 0 radical (unpaired) electrons. The minimum Gasteiger partial charge on any atom is -0.381 e. The van der Waals surface area contributed by atoms with Crippen molar-refractivity contribution >= 4 is 5.69 Å². The van der Waals surface area contributed by atoms with E-state index >= 15 is 0 Å². The molecule has 3 nitrogen and oxygen atoms in total. The zero-order valence-electron chi connectivity index (χ0n) is 10.1. The topological polar surface area (TPSA) is 34.0 Å². The molecule has 1 saturated carbocycles. The number of hydrogen-bond acceptors (Lipinski definition) is 2. The summed E-state index contributed by atoms with van der Waals surface area (Å²) in [5, 5.41) is 3.52. The minimum atomic E-state index is 0.0440. The van der Waals surface area contributed by atoms with Crippen molar-refractivity contribution in [2.24, 2.45) is 13.0 Å². The molecule has 3 heteroatoms. The summed E-state index contributed by atoms with van der Waals surface area (Å²) in [6, 6.07) is 4.07. The first-order chi connectivity index (χ1) is 7.65. The molecule has 1 aliphatic rings. The Balaban J connectivity index is 2.03. The van der Waals surface area contributed by atoms with Crippen molar-refractivity contribution in [2.75, 3.05) is 5.32 Å². The lowest BCUT2D eigenvalue weighted by atomic mass is 9.87. The summed E-state index contributed by atoms with van der Waals surface area (Å²) >= 11 is 0. The molecule has 1 heterocycles. The van der Waals surface area contributed by atoms with Crippen molar-refractivity contribution in [1.82, 2.24) is 4.57 Å². The zero-order valence-corrected chi connectivity index (χ0v) is 10.1. The van der Waals surface area contributed by atoms with Gasteiger partial charge in [-0.15, -0.1) is 0 Å². The van der Waals surface area contributed by atoms with E-state index < -0.39 is 0 Å². The summed E-state index contributed by atoms with van der Waals surface area (Å²) < 4.78 is 1.62. The van der Waals surface area contributed by atoms with Gasteiger partial charge in [0.25, 0.3) is 0 Å². The number of rotatable bonds is 2.